The minimum Gasteiger partial charge on any atom is -0.494 e. The van der Waals surface area contributed by atoms with Crippen molar-refractivity contribution in [3.05, 3.63) is 47.0 Å². The van der Waals surface area contributed by atoms with E-state index < -0.39 is 10.0 Å². The Morgan fingerprint density at radius 1 is 1.00 bits per heavy atom. The topological polar surface area (TPSA) is 86.2 Å². The normalized spacial score (nSPS) is 11.4. The Labute approximate surface area is 170 Å². The van der Waals surface area contributed by atoms with Crippen LogP contribution in [0.3, 0.4) is 0 Å². The Hall–Kier alpha value is -2.45. The molecule has 0 fully saturated rings. The van der Waals surface area contributed by atoms with Crippen molar-refractivity contribution >= 4 is 27.8 Å². The highest BCUT2D eigenvalue weighted by atomic mass is 35.5. The summed E-state index contributed by atoms with van der Waals surface area (Å²) in [7, 11) is -3.80. The number of rotatable bonds is 10. The van der Waals surface area contributed by atoms with E-state index in [0.29, 0.717) is 47.7 Å². The van der Waals surface area contributed by atoms with E-state index >= 15 is 0 Å². The van der Waals surface area contributed by atoms with E-state index in [2.05, 4.69) is 9.93 Å². The molecule has 0 amide bonds. The lowest BCUT2D eigenvalue weighted by atomic mass is 10.2. The molecule has 7 nitrogen and oxygen atoms in total. The fourth-order valence-corrected chi connectivity index (χ4v) is 3.38. The second kappa shape index (κ2) is 10.2. The van der Waals surface area contributed by atoms with E-state index in [1.54, 1.807) is 24.3 Å². The molecule has 0 aliphatic rings. The number of halogens is 1. The van der Waals surface area contributed by atoms with E-state index in [1.165, 1.54) is 18.3 Å². The second-order valence-corrected chi connectivity index (χ2v) is 7.52. The van der Waals surface area contributed by atoms with Gasteiger partial charge in [-0.15, -0.1) is 0 Å². The Kier molecular flexibility index (Phi) is 7.95. The number of ether oxygens (including phenoxy) is 3. The van der Waals surface area contributed by atoms with E-state index in [0.717, 1.165) is 0 Å². The molecular formula is C19H23ClN2O5S. The summed E-state index contributed by atoms with van der Waals surface area (Å²) in [6.07, 6.45) is 1.34. The second-order valence-electron chi connectivity index (χ2n) is 5.45. The molecule has 0 aromatic heterocycles. The van der Waals surface area contributed by atoms with E-state index in [1.807, 2.05) is 20.8 Å². The zero-order valence-electron chi connectivity index (χ0n) is 15.9. The average Bonchev–Trinajstić information content (AvgIpc) is 2.65. The number of nitrogens with one attached hydrogen (secondary N) is 1. The predicted molar refractivity (Wildman–Crippen MR) is 109 cm³/mol. The molecule has 0 saturated heterocycles. The zero-order chi connectivity index (χ0) is 20.6. The van der Waals surface area contributed by atoms with Gasteiger partial charge in [-0.25, -0.2) is 4.83 Å². The molecule has 1 N–H and O–H groups in total. The summed E-state index contributed by atoms with van der Waals surface area (Å²) < 4.78 is 41.0. The van der Waals surface area contributed by atoms with Crippen LogP contribution in [0.4, 0.5) is 0 Å². The summed E-state index contributed by atoms with van der Waals surface area (Å²) in [5.41, 5.74) is 0.561. The minimum absolute atomic E-state index is 0.0767. The van der Waals surface area contributed by atoms with Crippen LogP contribution < -0.4 is 19.0 Å². The zero-order valence-corrected chi connectivity index (χ0v) is 17.5. The van der Waals surface area contributed by atoms with Crippen molar-refractivity contribution in [1.29, 1.82) is 0 Å². The molecule has 2 aromatic carbocycles. The van der Waals surface area contributed by atoms with Crippen molar-refractivity contribution in [2.24, 2.45) is 5.10 Å². The molecule has 2 aromatic rings. The lowest BCUT2D eigenvalue weighted by Crippen LogP contribution is -2.18. The maximum Gasteiger partial charge on any atom is 0.276 e. The summed E-state index contributed by atoms with van der Waals surface area (Å²) >= 11 is 6.24. The number of nitrogens with zero attached hydrogens (tertiary/aromatic N) is 1. The first-order chi connectivity index (χ1) is 13.4. The molecule has 9 heteroatoms. The number of sulfonamides is 1. The Bertz CT molecular complexity index is 915. The molecule has 0 saturated carbocycles. The SMILES string of the molecule is CCOc1ccc(S(=O)(=O)N/N=C/c2cc(Cl)c(OCC)c(OCC)c2)cc1. The third-order valence-electron chi connectivity index (χ3n) is 3.45. The van der Waals surface area contributed by atoms with Crippen molar-refractivity contribution in [3.63, 3.8) is 0 Å². The molecule has 0 aliphatic heterocycles. The van der Waals surface area contributed by atoms with Crippen LogP contribution in [0.2, 0.25) is 5.02 Å². The van der Waals surface area contributed by atoms with Crippen LogP contribution >= 0.6 is 11.6 Å². The first-order valence-electron chi connectivity index (χ1n) is 8.78. The number of hydrogen-bond acceptors (Lipinski definition) is 6. The first-order valence-corrected chi connectivity index (χ1v) is 10.6. The molecule has 0 aliphatic carbocycles. The molecule has 0 unspecified atom stereocenters. The van der Waals surface area contributed by atoms with Crippen molar-refractivity contribution in [2.45, 2.75) is 25.7 Å². The number of benzene rings is 2. The van der Waals surface area contributed by atoms with Gasteiger partial charge < -0.3 is 14.2 Å². The van der Waals surface area contributed by atoms with Gasteiger partial charge in [0.1, 0.15) is 5.75 Å². The Morgan fingerprint density at radius 3 is 2.25 bits per heavy atom. The molecule has 152 valence electrons. The van der Waals surface area contributed by atoms with Gasteiger partial charge in [-0.1, -0.05) is 11.6 Å². The maximum atomic E-state index is 12.3. The molecule has 0 radical (unpaired) electrons. The van der Waals surface area contributed by atoms with E-state index in [4.69, 9.17) is 25.8 Å². The Balaban J connectivity index is 2.16. The molecule has 0 bridgehead atoms. The predicted octanol–water partition coefficient (Wildman–Crippen LogP) is 3.85. The highest BCUT2D eigenvalue weighted by Crippen LogP contribution is 2.36. The smallest absolute Gasteiger partial charge is 0.276 e. The molecule has 0 spiro atoms. The molecule has 28 heavy (non-hydrogen) atoms. The van der Waals surface area contributed by atoms with Crippen LogP contribution in [0.25, 0.3) is 0 Å². The van der Waals surface area contributed by atoms with Crippen LogP contribution in [-0.4, -0.2) is 34.5 Å². The number of hydrazone groups is 1. The van der Waals surface area contributed by atoms with Crippen LogP contribution in [0, 0.1) is 0 Å². The van der Waals surface area contributed by atoms with Crippen molar-refractivity contribution in [3.8, 4) is 17.2 Å². The average molecular weight is 427 g/mol. The lowest BCUT2D eigenvalue weighted by molar-refractivity contribution is 0.288. The van der Waals surface area contributed by atoms with Crippen molar-refractivity contribution < 1.29 is 22.6 Å². The van der Waals surface area contributed by atoms with Gasteiger partial charge in [0.25, 0.3) is 10.0 Å². The van der Waals surface area contributed by atoms with Crippen LogP contribution in [0.5, 0.6) is 17.2 Å². The first kappa shape index (κ1) is 21.8. The highest BCUT2D eigenvalue weighted by Gasteiger charge is 2.14. The van der Waals surface area contributed by atoms with Gasteiger partial charge in [-0.2, -0.15) is 13.5 Å². The number of hydrogen-bond donors (Lipinski definition) is 1. The summed E-state index contributed by atoms with van der Waals surface area (Å²) in [5.74, 6) is 1.50. The van der Waals surface area contributed by atoms with Gasteiger partial charge in [-0.3, -0.25) is 0 Å². The fraction of sp³-hybridized carbons (Fsp3) is 0.316. The quantitative estimate of drug-likeness (QED) is 0.460. The fourth-order valence-electron chi connectivity index (χ4n) is 2.31. The van der Waals surface area contributed by atoms with Crippen LogP contribution in [0.1, 0.15) is 26.3 Å². The van der Waals surface area contributed by atoms with E-state index in [-0.39, 0.29) is 4.90 Å². The molecule has 0 heterocycles. The summed E-state index contributed by atoms with van der Waals surface area (Å²) in [6.45, 7) is 6.91. The van der Waals surface area contributed by atoms with E-state index in [9.17, 15) is 8.42 Å². The maximum absolute atomic E-state index is 12.3. The largest absolute Gasteiger partial charge is 0.494 e. The van der Waals surface area contributed by atoms with Gasteiger partial charge in [-0.05, 0) is 62.7 Å². The van der Waals surface area contributed by atoms with Gasteiger partial charge >= 0.3 is 0 Å². The summed E-state index contributed by atoms with van der Waals surface area (Å²) in [6, 6.07) is 9.36. The third kappa shape index (κ3) is 5.77. The van der Waals surface area contributed by atoms with Gasteiger partial charge in [0.05, 0.1) is 36.0 Å². The molecular weight excluding hydrogens is 404 g/mol. The standard InChI is InChI=1S/C19H23ClN2O5S/c1-4-25-15-7-9-16(10-8-15)28(23,24)22-21-13-14-11-17(20)19(27-6-3)18(12-14)26-5-2/h7-13,22H,4-6H2,1-3H3/b21-13+. The lowest BCUT2D eigenvalue weighted by Gasteiger charge is -2.13. The van der Waals surface area contributed by atoms with Crippen LogP contribution in [0.15, 0.2) is 46.4 Å². The minimum atomic E-state index is -3.80. The van der Waals surface area contributed by atoms with Gasteiger partial charge in [0, 0.05) is 0 Å². The Morgan fingerprint density at radius 2 is 1.64 bits per heavy atom. The summed E-state index contributed by atoms with van der Waals surface area (Å²) in [4.78, 5) is 2.25. The van der Waals surface area contributed by atoms with Gasteiger partial charge in [0.15, 0.2) is 11.5 Å². The van der Waals surface area contributed by atoms with Crippen molar-refractivity contribution in [1.82, 2.24) is 4.83 Å². The third-order valence-corrected chi connectivity index (χ3v) is 4.97. The highest BCUT2D eigenvalue weighted by molar-refractivity contribution is 7.89. The van der Waals surface area contributed by atoms with Crippen LogP contribution in [-0.2, 0) is 10.0 Å². The van der Waals surface area contributed by atoms with Crippen molar-refractivity contribution in [2.75, 3.05) is 19.8 Å². The monoisotopic (exact) mass is 426 g/mol. The molecule has 0 atom stereocenters. The molecule has 2 rings (SSSR count). The summed E-state index contributed by atoms with van der Waals surface area (Å²) in [5, 5.41) is 4.17. The van der Waals surface area contributed by atoms with Gasteiger partial charge in [0.2, 0.25) is 0 Å².